The molecule has 1 saturated heterocycles. The van der Waals surface area contributed by atoms with Gasteiger partial charge in [-0.1, -0.05) is 106 Å². The van der Waals surface area contributed by atoms with Gasteiger partial charge in [-0.05, 0) is 68.1 Å². The van der Waals surface area contributed by atoms with Gasteiger partial charge in [0.15, 0.2) is 12.4 Å². The third-order valence-electron chi connectivity index (χ3n) is 8.37. The number of hydrogen-bond acceptors (Lipinski definition) is 7. The van der Waals surface area contributed by atoms with Gasteiger partial charge < -0.3 is 23.4 Å². The van der Waals surface area contributed by atoms with Gasteiger partial charge in [0.2, 0.25) is 0 Å². The maximum absolute atomic E-state index is 13.4. The molecule has 0 saturated carbocycles. The molecule has 1 aliphatic heterocycles. The van der Waals surface area contributed by atoms with Gasteiger partial charge >= 0.3 is 11.9 Å². The van der Waals surface area contributed by atoms with Crippen LogP contribution >= 0.6 is 0 Å². The topological polar surface area (TPSA) is 80.3 Å². The standard InChI is InChI=1S/C39H50O7Si/c1-28(2)42-36(40)26-18-17-19-29(3)43-38-35(45-37(41)31-20-11-8-12-21-31)27-34(30(4)44-38)46-47(39(5,6)7,32-22-13-9-14-23-32)33-24-15-10-16-25-33/h8-16,18,20-26,28-30,34-35,38H,17,19,27H2,1-7H3/b26-18+. The van der Waals surface area contributed by atoms with Crippen LogP contribution in [0.5, 0.6) is 0 Å². The molecule has 0 radical (unpaired) electrons. The fraction of sp³-hybridized carbons (Fsp3) is 0.436. The van der Waals surface area contributed by atoms with Crippen LogP contribution in [-0.4, -0.2) is 57.1 Å². The van der Waals surface area contributed by atoms with Crippen molar-refractivity contribution in [2.24, 2.45) is 0 Å². The Kier molecular flexibility index (Phi) is 12.7. The molecule has 0 bridgehead atoms. The van der Waals surface area contributed by atoms with Gasteiger partial charge in [-0.25, -0.2) is 9.59 Å². The quantitative estimate of drug-likeness (QED) is 0.111. The Morgan fingerprint density at radius 2 is 1.43 bits per heavy atom. The van der Waals surface area contributed by atoms with Crippen molar-refractivity contribution in [2.45, 2.75) is 110 Å². The highest BCUT2D eigenvalue weighted by Crippen LogP contribution is 2.40. The molecule has 3 aromatic carbocycles. The van der Waals surface area contributed by atoms with Crippen LogP contribution in [0.3, 0.4) is 0 Å². The average molecular weight is 659 g/mol. The Bertz CT molecular complexity index is 1400. The lowest BCUT2D eigenvalue weighted by molar-refractivity contribution is -0.270. The molecule has 0 aliphatic carbocycles. The van der Waals surface area contributed by atoms with E-state index in [0.717, 1.165) is 0 Å². The van der Waals surface area contributed by atoms with Gasteiger partial charge in [-0.3, -0.25) is 0 Å². The number of allylic oxidation sites excluding steroid dienone is 1. The number of hydrogen-bond donors (Lipinski definition) is 0. The van der Waals surface area contributed by atoms with Crippen molar-refractivity contribution in [3.05, 3.63) is 109 Å². The second-order valence-corrected chi connectivity index (χ2v) is 17.7. The molecule has 1 fully saturated rings. The summed E-state index contributed by atoms with van der Waals surface area (Å²) in [5.41, 5.74) is 0.459. The van der Waals surface area contributed by atoms with E-state index >= 15 is 0 Å². The Balaban J connectivity index is 1.59. The first-order valence-electron chi connectivity index (χ1n) is 16.6. The Morgan fingerprint density at radius 1 is 0.872 bits per heavy atom. The molecular formula is C39H50O7Si. The molecule has 0 spiro atoms. The van der Waals surface area contributed by atoms with E-state index in [1.807, 2.05) is 58.0 Å². The number of esters is 2. The summed E-state index contributed by atoms with van der Waals surface area (Å²) in [4.78, 5) is 25.2. The molecule has 0 amide bonds. The van der Waals surface area contributed by atoms with Crippen molar-refractivity contribution in [3.8, 4) is 0 Å². The maximum Gasteiger partial charge on any atom is 0.338 e. The lowest BCUT2D eigenvalue weighted by Gasteiger charge is -2.48. The Morgan fingerprint density at radius 3 is 1.96 bits per heavy atom. The van der Waals surface area contributed by atoms with Crippen LogP contribution in [0, 0.1) is 0 Å². The van der Waals surface area contributed by atoms with Crippen LogP contribution in [0.25, 0.3) is 0 Å². The summed E-state index contributed by atoms with van der Waals surface area (Å²) < 4.78 is 31.7. The first-order valence-corrected chi connectivity index (χ1v) is 18.5. The van der Waals surface area contributed by atoms with E-state index in [0.29, 0.717) is 24.8 Å². The zero-order chi connectivity index (χ0) is 34.0. The minimum atomic E-state index is -2.91. The largest absolute Gasteiger partial charge is 0.460 e. The molecule has 0 aromatic heterocycles. The first kappa shape index (κ1) is 36.3. The van der Waals surface area contributed by atoms with Crippen LogP contribution < -0.4 is 10.4 Å². The van der Waals surface area contributed by atoms with Gasteiger partial charge in [-0.15, -0.1) is 0 Å². The maximum atomic E-state index is 13.4. The normalized spacial score (nSPS) is 21.0. The van der Waals surface area contributed by atoms with Gasteiger partial charge in [0, 0.05) is 12.5 Å². The van der Waals surface area contributed by atoms with E-state index in [4.69, 9.17) is 23.4 Å². The summed E-state index contributed by atoms with van der Waals surface area (Å²) in [5.74, 6) is -0.802. The summed E-state index contributed by atoms with van der Waals surface area (Å²) in [6.07, 6.45) is 2.28. The molecule has 47 heavy (non-hydrogen) atoms. The van der Waals surface area contributed by atoms with Gasteiger partial charge in [0.05, 0.1) is 30.0 Å². The molecule has 3 aromatic rings. The molecule has 252 valence electrons. The lowest BCUT2D eigenvalue weighted by atomic mass is 10.0. The lowest BCUT2D eigenvalue weighted by Crippen LogP contribution is -2.69. The molecule has 5 unspecified atom stereocenters. The Labute approximate surface area is 281 Å². The van der Waals surface area contributed by atoms with E-state index < -0.39 is 26.7 Å². The van der Waals surface area contributed by atoms with Crippen LogP contribution in [0.1, 0.15) is 78.1 Å². The smallest absolute Gasteiger partial charge is 0.338 e. The summed E-state index contributed by atoms with van der Waals surface area (Å²) in [6.45, 7) is 14.3. The predicted octanol–water partition coefficient (Wildman–Crippen LogP) is 6.99. The SMILES string of the molecule is CC(C)OC(=O)/C=C/CCC(C)OC1OC(C)C(O[Si](c2ccccc2)(c2ccccc2)C(C)(C)C)CC1OC(=O)c1ccccc1. The van der Waals surface area contributed by atoms with Crippen molar-refractivity contribution in [3.63, 3.8) is 0 Å². The van der Waals surface area contributed by atoms with Crippen molar-refractivity contribution >= 4 is 30.6 Å². The monoisotopic (exact) mass is 658 g/mol. The second-order valence-electron chi connectivity index (χ2n) is 13.5. The van der Waals surface area contributed by atoms with Crippen molar-refractivity contribution in [1.82, 2.24) is 0 Å². The molecule has 0 N–H and O–H groups in total. The summed E-state index contributed by atoms with van der Waals surface area (Å²) in [5, 5.41) is 2.10. The third kappa shape index (κ3) is 9.51. The summed E-state index contributed by atoms with van der Waals surface area (Å²) in [7, 11) is -2.91. The molecule has 8 heteroatoms. The fourth-order valence-electron chi connectivity index (χ4n) is 6.06. The zero-order valence-electron chi connectivity index (χ0n) is 28.8. The highest BCUT2D eigenvalue weighted by molar-refractivity contribution is 6.99. The zero-order valence-corrected chi connectivity index (χ0v) is 29.8. The van der Waals surface area contributed by atoms with Gasteiger partial charge in [0.1, 0.15) is 0 Å². The van der Waals surface area contributed by atoms with Gasteiger partial charge in [0.25, 0.3) is 8.32 Å². The summed E-state index contributed by atoms with van der Waals surface area (Å²) >= 11 is 0. The van der Waals surface area contributed by atoms with E-state index in [2.05, 4.69) is 69.3 Å². The van der Waals surface area contributed by atoms with Crippen LogP contribution in [0.2, 0.25) is 5.04 Å². The van der Waals surface area contributed by atoms with Crippen LogP contribution in [0.15, 0.2) is 103 Å². The van der Waals surface area contributed by atoms with Crippen LogP contribution in [-0.2, 0) is 28.2 Å². The predicted molar refractivity (Wildman–Crippen MR) is 187 cm³/mol. The van der Waals surface area contributed by atoms with Crippen molar-refractivity contribution < 1.29 is 33.0 Å². The van der Waals surface area contributed by atoms with E-state index in [1.54, 1.807) is 18.2 Å². The Hall–Kier alpha value is -3.56. The van der Waals surface area contributed by atoms with Crippen LogP contribution in [0.4, 0.5) is 0 Å². The molecular weight excluding hydrogens is 609 g/mol. The van der Waals surface area contributed by atoms with Crippen molar-refractivity contribution in [2.75, 3.05) is 0 Å². The van der Waals surface area contributed by atoms with Crippen molar-refractivity contribution in [1.29, 1.82) is 0 Å². The number of carbonyl (C=O) groups excluding carboxylic acids is 2. The number of benzene rings is 3. The number of carbonyl (C=O) groups is 2. The average Bonchev–Trinajstić information content (AvgIpc) is 3.04. The van der Waals surface area contributed by atoms with E-state index in [9.17, 15) is 9.59 Å². The first-order chi connectivity index (χ1) is 22.4. The van der Waals surface area contributed by atoms with Gasteiger partial charge in [-0.2, -0.15) is 0 Å². The second kappa shape index (κ2) is 16.5. The number of ether oxygens (including phenoxy) is 4. The fourth-order valence-corrected chi connectivity index (χ4v) is 10.8. The molecule has 1 aliphatic rings. The van der Waals surface area contributed by atoms with E-state index in [-0.39, 0.29) is 35.4 Å². The highest BCUT2D eigenvalue weighted by atomic mass is 28.4. The minimum Gasteiger partial charge on any atom is -0.460 e. The minimum absolute atomic E-state index is 0.167. The summed E-state index contributed by atoms with van der Waals surface area (Å²) in [6, 6.07) is 29.9. The third-order valence-corrected chi connectivity index (χ3v) is 13.4. The highest BCUT2D eigenvalue weighted by Gasteiger charge is 2.53. The molecule has 4 rings (SSSR count). The van der Waals surface area contributed by atoms with E-state index in [1.165, 1.54) is 16.4 Å². The molecule has 1 heterocycles. The number of rotatable bonds is 13. The molecule has 7 nitrogen and oxygen atoms in total. The molecule has 5 atom stereocenters.